The highest BCUT2D eigenvalue weighted by Gasteiger charge is 2.14. The summed E-state index contributed by atoms with van der Waals surface area (Å²) in [4.78, 5) is 28.5. The van der Waals surface area contributed by atoms with Crippen molar-refractivity contribution in [2.24, 2.45) is 0 Å². The van der Waals surface area contributed by atoms with E-state index in [-0.39, 0.29) is 6.03 Å². The van der Waals surface area contributed by atoms with Gasteiger partial charge in [0.1, 0.15) is 5.75 Å². The minimum Gasteiger partial charge on any atom is -0.438 e. The van der Waals surface area contributed by atoms with Crippen LogP contribution in [0.15, 0.2) is 73.1 Å². The zero-order chi connectivity index (χ0) is 28.6. The maximum atomic E-state index is 12.6. The van der Waals surface area contributed by atoms with Crippen molar-refractivity contribution in [1.29, 1.82) is 0 Å². The van der Waals surface area contributed by atoms with Crippen LogP contribution in [-0.2, 0) is 17.6 Å². The summed E-state index contributed by atoms with van der Waals surface area (Å²) in [5.74, 6) is 1.59. The number of morpholine rings is 1. The Balaban J connectivity index is 1.04. The number of fused-ring (bicyclic) bond motifs is 1. The van der Waals surface area contributed by atoms with E-state index in [9.17, 15) is 4.79 Å². The van der Waals surface area contributed by atoms with Crippen LogP contribution in [0.25, 0.3) is 11.3 Å². The van der Waals surface area contributed by atoms with Crippen LogP contribution in [0.1, 0.15) is 24.0 Å². The minimum atomic E-state index is -0.289. The molecule has 10 heteroatoms. The summed E-state index contributed by atoms with van der Waals surface area (Å²) in [6, 6.07) is 18.6. The summed E-state index contributed by atoms with van der Waals surface area (Å²) >= 11 is 0. The quantitative estimate of drug-likeness (QED) is 0.213. The molecule has 1 saturated heterocycles. The van der Waals surface area contributed by atoms with Gasteiger partial charge in [-0.3, -0.25) is 4.90 Å². The zero-order valence-electron chi connectivity index (χ0n) is 23.5. The van der Waals surface area contributed by atoms with Crippen LogP contribution in [-0.4, -0.2) is 65.3 Å². The van der Waals surface area contributed by atoms with E-state index in [1.165, 1.54) is 17.5 Å². The van der Waals surface area contributed by atoms with E-state index in [4.69, 9.17) is 14.5 Å². The summed E-state index contributed by atoms with van der Waals surface area (Å²) in [5, 5.41) is 9.13. The van der Waals surface area contributed by atoms with Crippen LogP contribution >= 0.6 is 0 Å². The molecule has 42 heavy (non-hydrogen) atoms. The Morgan fingerprint density at radius 3 is 2.60 bits per heavy atom. The van der Waals surface area contributed by atoms with E-state index in [0.29, 0.717) is 29.0 Å². The first-order chi connectivity index (χ1) is 20.7. The molecule has 216 valence electrons. The van der Waals surface area contributed by atoms with Crippen LogP contribution in [0, 0.1) is 0 Å². The van der Waals surface area contributed by atoms with Crippen molar-refractivity contribution in [3.8, 4) is 22.9 Å². The number of hydrogen-bond acceptors (Lipinski definition) is 8. The zero-order valence-corrected chi connectivity index (χ0v) is 23.5. The lowest BCUT2D eigenvalue weighted by atomic mass is 10.1. The average molecular weight is 566 g/mol. The maximum absolute atomic E-state index is 12.6. The number of aryl methyl sites for hydroxylation is 2. The molecule has 0 spiro atoms. The first kappa shape index (κ1) is 27.6. The second kappa shape index (κ2) is 13.4. The molecule has 2 aromatic heterocycles. The van der Waals surface area contributed by atoms with Crippen LogP contribution in [0.2, 0.25) is 0 Å². The van der Waals surface area contributed by atoms with Gasteiger partial charge in [-0.05, 0) is 98.0 Å². The molecular formula is C32H35N7O3. The first-order valence-electron chi connectivity index (χ1n) is 14.5. The number of carbonyl (C=O) groups excluding carboxylic acids is 1. The fourth-order valence-electron chi connectivity index (χ4n) is 5.25. The van der Waals surface area contributed by atoms with Gasteiger partial charge in [0.25, 0.3) is 0 Å². The van der Waals surface area contributed by atoms with Gasteiger partial charge >= 0.3 is 6.03 Å². The number of hydrogen-bond donors (Lipinski definition) is 3. The summed E-state index contributed by atoms with van der Waals surface area (Å²) in [7, 11) is 0. The van der Waals surface area contributed by atoms with Gasteiger partial charge in [-0.15, -0.1) is 0 Å². The monoisotopic (exact) mass is 565 g/mol. The predicted molar refractivity (Wildman–Crippen MR) is 163 cm³/mol. The first-order valence-corrected chi connectivity index (χ1v) is 14.5. The topological polar surface area (TPSA) is 114 Å². The number of anilines is 3. The molecule has 0 radical (unpaired) electrons. The molecule has 10 nitrogen and oxygen atoms in total. The second-order valence-corrected chi connectivity index (χ2v) is 10.4. The fraction of sp³-hybridized carbons (Fsp3) is 0.312. The standard InChI is InChI=1S/C32H35N7O3/c40-32(37-26-8-7-23-4-1-5-24(23)22-26)36-25-9-11-27(12-10-25)42-30-28(6-2-14-33-30)29-13-16-35-31(38-29)34-15-3-17-39-18-20-41-21-19-39/h2,6-14,16,22H,1,3-5,15,17-21H2,(H,34,35,38)(H2,36,37,40). The lowest BCUT2D eigenvalue weighted by molar-refractivity contribution is 0.0378. The number of nitrogens with zero attached hydrogens (tertiary/aromatic N) is 4. The Morgan fingerprint density at radius 2 is 1.71 bits per heavy atom. The Hall–Kier alpha value is -4.54. The highest BCUT2D eigenvalue weighted by Crippen LogP contribution is 2.31. The van der Waals surface area contributed by atoms with Crippen molar-refractivity contribution in [2.75, 3.05) is 55.3 Å². The van der Waals surface area contributed by atoms with Crippen molar-refractivity contribution in [1.82, 2.24) is 19.9 Å². The van der Waals surface area contributed by atoms with Gasteiger partial charge in [0.15, 0.2) is 0 Å². The van der Waals surface area contributed by atoms with Gasteiger partial charge in [0.2, 0.25) is 11.8 Å². The highest BCUT2D eigenvalue weighted by molar-refractivity contribution is 5.99. The molecule has 1 fully saturated rings. The third kappa shape index (κ3) is 7.20. The SMILES string of the molecule is O=C(Nc1ccc(Oc2ncccc2-c2ccnc(NCCCN3CCOCC3)n2)cc1)Nc1ccc2c(c1)CCC2. The Bertz CT molecular complexity index is 1510. The van der Waals surface area contributed by atoms with Gasteiger partial charge in [-0.2, -0.15) is 0 Å². The number of pyridine rings is 1. The van der Waals surface area contributed by atoms with E-state index in [2.05, 4.69) is 43.0 Å². The number of urea groups is 1. The van der Waals surface area contributed by atoms with Crippen LogP contribution in [0.3, 0.4) is 0 Å². The molecular weight excluding hydrogens is 530 g/mol. The molecule has 0 atom stereocenters. The number of aromatic nitrogens is 3. The molecule has 3 heterocycles. The minimum absolute atomic E-state index is 0.289. The van der Waals surface area contributed by atoms with Crippen LogP contribution in [0.5, 0.6) is 11.6 Å². The van der Waals surface area contributed by atoms with Crippen LogP contribution in [0.4, 0.5) is 22.1 Å². The van der Waals surface area contributed by atoms with E-state index in [0.717, 1.165) is 69.9 Å². The Labute approximate surface area is 245 Å². The molecule has 3 N–H and O–H groups in total. The fourth-order valence-corrected chi connectivity index (χ4v) is 5.25. The second-order valence-electron chi connectivity index (χ2n) is 10.4. The third-order valence-corrected chi connectivity index (χ3v) is 7.42. The molecule has 2 aliphatic rings. The number of ether oxygens (including phenoxy) is 2. The number of carbonyl (C=O) groups is 1. The molecule has 2 amide bonds. The predicted octanol–water partition coefficient (Wildman–Crippen LogP) is 5.60. The molecule has 1 aliphatic carbocycles. The number of amides is 2. The summed E-state index contributed by atoms with van der Waals surface area (Å²) < 4.78 is 11.5. The van der Waals surface area contributed by atoms with Crippen LogP contribution < -0.4 is 20.7 Å². The lowest BCUT2D eigenvalue weighted by Gasteiger charge is -2.26. The van der Waals surface area contributed by atoms with Crippen molar-refractivity contribution in [3.05, 3.63) is 84.2 Å². The molecule has 0 saturated carbocycles. The third-order valence-electron chi connectivity index (χ3n) is 7.42. The summed E-state index contributed by atoms with van der Waals surface area (Å²) in [6.45, 7) is 5.39. The van der Waals surface area contributed by atoms with E-state index in [1.54, 1.807) is 36.7 Å². The van der Waals surface area contributed by atoms with E-state index < -0.39 is 0 Å². The average Bonchev–Trinajstić information content (AvgIpc) is 3.49. The molecule has 0 unspecified atom stereocenters. The summed E-state index contributed by atoms with van der Waals surface area (Å²) in [5.41, 5.74) is 5.61. The molecule has 2 aromatic carbocycles. The highest BCUT2D eigenvalue weighted by atomic mass is 16.5. The molecule has 1 aliphatic heterocycles. The summed E-state index contributed by atoms with van der Waals surface area (Å²) in [6.07, 6.45) is 7.77. The largest absolute Gasteiger partial charge is 0.438 e. The Kier molecular flexibility index (Phi) is 8.82. The number of nitrogens with one attached hydrogen (secondary N) is 3. The molecule has 4 aromatic rings. The Morgan fingerprint density at radius 1 is 0.905 bits per heavy atom. The maximum Gasteiger partial charge on any atom is 0.323 e. The van der Waals surface area contributed by atoms with Gasteiger partial charge in [-0.1, -0.05) is 6.07 Å². The number of benzene rings is 2. The smallest absolute Gasteiger partial charge is 0.323 e. The van der Waals surface area contributed by atoms with Gasteiger partial charge in [0.05, 0.1) is 24.5 Å². The van der Waals surface area contributed by atoms with Crippen molar-refractivity contribution in [3.63, 3.8) is 0 Å². The van der Waals surface area contributed by atoms with E-state index in [1.807, 2.05) is 24.3 Å². The molecule has 6 rings (SSSR count). The lowest BCUT2D eigenvalue weighted by Crippen LogP contribution is -2.37. The van der Waals surface area contributed by atoms with Crippen molar-refractivity contribution < 1.29 is 14.3 Å². The van der Waals surface area contributed by atoms with E-state index >= 15 is 0 Å². The van der Waals surface area contributed by atoms with Crippen molar-refractivity contribution in [2.45, 2.75) is 25.7 Å². The van der Waals surface area contributed by atoms with Gasteiger partial charge in [-0.25, -0.2) is 19.7 Å². The normalized spacial score (nSPS) is 14.7. The van der Waals surface area contributed by atoms with Gasteiger partial charge < -0.3 is 25.4 Å². The van der Waals surface area contributed by atoms with Gasteiger partial charge in [0, 0.05) is 43.4 Å². The molecule has 0 bridgehead atoms. The number of rotatable bonds is 10. The van der Waals surface area contributed by atoms with Crippen molar-refractivity contribution >= 4 is 23.4 Å².